The molecule has 2 saturated heterocycles. The summed E-state index contributed by atoms with van der Waals surface area (Å²) >= 11 is 0. The van der Waals surface area contributed by atoms with Gasteiger partial charge in [-0.25, -0.2) is 8.78 Å². The fraction of sp³-hybridized carbons (Fsp3) is 0.500. The molecule has 0 amide bonds. The van der Waals surface area contributed by atoms with Crippen LogP contribution in [0.25, 0.3) is 10.9 Å². The van der Waals surface area contributed by atoms with Gasteiger partial charge in [0, 0.05) is 55.1 Å². The highest BCUT2D eigenvalue weighted by Crippen LogP contribution is 2.37. The molecule has 2 aromatic rings. The van der Waals surface area contributed by atoms with Crippen LogP contribution in [-0.4, -0.2) is 44.5 Å². The lowest BCUT2D eigenvalue weighted by Crippen LogP contribution is -2.42. The van der Waals surface area contributed by atoms with Crippen molar-refractivity contribution in [3.63, 3.8) is 0 Å². The van der Waals surface area contributed by atoms with Crippen LogP contribution in [0.2, 0.25) is 0 Å². The summed E-state index contributed by atoms with van der Waals surface area (Å²) in [5, 5.41) is 0.513. The van der Waals surface area contributed by atoms with Gasteiger partial charge in [-0.15, -0.1) is 0 Å². The van der Waals surface area contributed by atoms with Crippen LogP contribution in [0, 0.1) is 17.0 Å². The van der Waals surface area contributed by atoms with E-state index in [4.69, 9.17) is 9.47 Å². The molecule has 2 aliphatic heterocycles. The zero-order chi connectivity index (χ0) is 16.6. The van der Waals surface area contributed by atoms with Gasteiger partial charge in [-0.05, 0) is 25.0 Å². The van der Waals surface area contributed by atoms with Crippen molar-refractivity contribution >= 4 is 16.6 Å². The van der Waals surface area contributed by atoms with Crippen molar-refractivity contribution in [1.82, 2.24) is 4.98 Å². The summed E-state index contributed by atoms with van der Waals surface area (Å²) in [6.45, 7) is 4.27. The average Bonchev–Trinajstić information content (AvgIpc) is 2.78. The van der Waals surface area contributed by atoms with Gasteiger partial charge in [0.05, 0.1) is 13.2 Å². The van der Waals surface area contributed by atoms with Crippen LogP contribution in [0.1, 0.15) is 12.8 Å². The Balaban J connectivity index is 1.75. The van der Waals surface area contributed by atoms with Crippen molar-refractivity contribution in [2.24, 2.45) is 5.41 Å². The predicted molar refractivity (Wildman–Crippen MR) is 87.2 cm³/mol. The Bertz CT molecular complexity index is 747. The fourth-order valence-electron chi connectivity index (χ4n) is 3.75. The molecule has 4 nitrogen and oxygen atoms in total. The Morgan fingerprint density at radius 2 is 1.92 bits per heavy atom. The summed E-state index contributed by atoms with van der Waals surface area (Å²) < 4.78 is 39.1. The van der Waals surface area contributed by atoms with Crippen molar-refractivity contribution in [3.05, 3.63) is 36.0 Å². The summed E-state index contributed by atoms with van der Waals surface area (Å²) in [5.74, 6) is -1.21. The Hall–Kier alpha value is -1.79. The van der Waals surface area contributed by atoms with Crippen LogP contribution in [0.3, 0.4) is 0 Å². The predicted octanol–water partition coefficient (Wildman–Crippen LogP) is 3.15. The smallest absolute Gasteiger partial charge is 0.152 e. The van der Waals surface area contributed by atoms with E-state index in [1.807, 2.05) is 6.07 Å². The molecule has 0 saturated carbocycles. The summed E-state index contributed by atoms with van der Waals surface area (Å²) in [4.78, 5) is 6.27. The molecule has 4 rings (SSSR count). The number of halogens is 2. The molecule has 3 heterocycles. The first-order valence-electron chi connectivity index (χ1n) is 8.31. The van der Waals surface area contributed by atoms with Gasteiger partial charge in [-0.2, -0.15) is 0 Å². The second-order valence-corrected chi connectivity index (χ2v) is 6.70. The standard InChI is InChI=1S/C18H20F2N2O2/c19-13-9-14-16(1-4-21-17(14)15(20)10-13)22-5-8-24-12-18(11-22)2-6-23-7-3-18/h1,4,9-10H,2-3,5-8,11-12H2. The quantitative estimate of drug-likeness (QED) is 0.802. The Kier molecular flexibility index (Phi) is 4.10. The van der Waals surface area contributed by atoms with E-state index < -0.39 is 11.6 Å². The molecule has 0 atom stereocenters. The van der Waals surface area contributed by atoms with E-state index in [0.29, 0.717) is 25.1 Å². The summed E-state index contributed by atoms with van der Waals surface area (Å²) in [6.07, 6.45) is 3.46. The number of hydrogen-bond acceptors (Lipinski definition) is 4. The third kappa shape index (κ3) is 2.84. The van der Waals surface area contributed by atoms with Crippen molar-refractivity contribution < 1.29 is 18.3 Å². The summed E-state index contributed by atoms with van der Waals surface area (Å²) in [7, 11) is 0. The van der Waals surface area contributed by atoms with E-state index >= 15 is 0 Å². The van der Waals surface area contributed by atoms with Crippen LogP contribution >= 0.6 is 0 Å². The van der Waals surface area contributed by atoms with Gasteiger partial charge in [-0.1, -0.05) is 0 Å². The van der Waals surface area contributed by atoms with Gasteiger partial charge >= 0.3 is 0 Å². The number of pyridine rings is 1. The zero-order valence-electron chi connectivity index (χ0n) is 13.4. The second kappa shape index (κ2) is 6.26. The molecule has 0 unspecified atom stereocenters. The van der Waals surface area contributed by atoms with E-state index in [9.17, 15) is 8.78 Å². The number of aromatic nitrogens is 1. The molecule has 2 fully saturated rings. The van der Waals surface area contributed by atoms with Gasteiger partial charge in [0.15, 0.2) is 5.82 Å². The zero-order valence-corrected chi connectivity index (χ0v) is 13.4. The highest BCUT2D eigenvalue weighted by Gasteiger charge is 2.37. The highest BCUT2D eigenvalue weighted by molar-refractivity contribution is 5.92. The van der Waals surface area contributed by atoms with Crippen LogP contribution in [0.15, 0.2) is 24.4 Å². The Morgan fingerprint density at radius 1 is 1.08 bits per heavy atom. The number of ether oxygens (including phenoxy) is 2. The first kappa shape index (κ1) is 15.7. The Labute approximate surface area is 139 Å². The lowest BCUT2D eigenvalue weighted by molar-refractivity contribution is -0.0240. The number of anilines is 1. The summed E-state index contributed by atoms with van der Waals surface area (Å²) in [5.41, 5.74) is 1.06. The topological polar surface area (TPSA) is 34.6 Å². The highest BCUT2D eigenvalue weighted by atomic mass is 19.1. The third-order valence-corrected chi connectivity index (χ3v) is 5.07. The largest absolute Gasteiger partial charge is 0.381 e. The molecule has 6 heteroatoms. The molecule has 1 aromatic heterocycles. The number of rotatable bonds is 1. The minimum atomic E-state index is -0.626. The van der Waals surface area contributed by atoms with E-state index in [2.05, 4.69) is 9.88 Å². The monoisotopic (exact) mass is 334 g/mol. The lowest BCUT2D eigenvalue weighted by Gasteiger charge is -2.39. The molecule has 24 heavy (non-hydrogen) atoms. The number of fused-ring (bicyclic) bond motifs is 1. The average molecular weight is 334 g/mol. The maximum atomic E-state index is 14.1. The minimum absolute atomic E-state index is 0.0379. The lowest BCUT2D eigenvalue weighted by atomic mass is 9.80. The molecule has 0 radical (unpaired) electrons. The van der Waals surface area contributed by atoms with E-state index in [-0.39, 0.29) is 10.9 Å². The number of nitrogens with zero attached hydrogens (tertiary/aromatic N) is 2. The molecular formula is C18H20F2N2O2. The van der Waals surface area contributed by atoms with E-state index in [1.165, 1.54) is 6.07 Å². The van der Waals surface area contributed by atoms with Gasteiger partial charge in [0.2, 0.25) is 0 Å². The van der Waals surface area contributed by atoms with Crippen LogP contribution in [-0.2, 0) is 9.47 Å². The van der Waals surface area contributed by atoms with Gasteiger partial charge in [0.1, 0.15) is 11.3 Å². The molecule has 128 valence electrons. The molecule has 0 N–H and O–H groups in total. The van der Waals surface area contributed by atoms with Crippen LogP contribution < -0.4 is 4.90 Å². The Morgan fingerprint density at radius 3 is 2.75 bits per heavy atom. The van der Waals surface area contributed by atoms with Crippen LogP contribution in [0.5, 0.6) is 0 Å². The van der Waals surface area contributed by atoms with Gasteiger partial charge < -0.3 is 14.4 Å². The summed E-state index contributed by atoms with van der Waals surface area (Å²) in [6, 6.07) is 4.08. The second-order valence-electron chi connectivity index (χ2n) is 6.70. The van der Waals surface area contributed by atoms with Crippen molar-refractivity contribution in [3.8, 4) is 0 Å². The normalized spacial score (nSPS) is 21.2. The first-order valence-corrected chi connectivity index (χ1v) is 8.31. The van der Waals surface area contributed by atoms with Crippen LogP contribution in [0.4, 0.5) is 14.5 Å². The fourth-order valence-corrected chi connectivity index (χ4v) is 3.75. The molecule has 0 bridgehead atoms. The van der Waals surface area contributed by atoms with Crippen molar-refractivity contribution in [2.75, 3.05) is 44.4 Å². The third-order valence-electron chi connectivity index (χ3n) is 5.07. The SMILES string of the molecule is Fc1cc(F)c2nccc(N3CCOCC4(CCOCC4)C3)c2c1. The maximum absolute atomic E-state index is 14.1. The van der Waals surface area contributed by atoms with Crippen molar-refractivity contribution in [1.29, 1.82) is 0 Å². The van der Waals surface area contributed by atoms with Gasteiger partial charge in [-0.3, -0.25) is 4.98 Å². The molecule has 0 aliphatic carbocycles. The van der Waals surface area contributed by atoms with Gasteiger partial charge in [0.25, 0.3) is 0 Å². The number of benzene rings is 1. The number of hydrogen-bond donors (Lipinski definition) is 0. The maximum Gasteiger partial charge on any atom is 0.152 e. The van der Waals surface area contributed by atoms with E-state index in [1.54, 1.807) is 6.20 Å². The van der Waals surface area contributed by atoms with E-state index in [0.717, 1.165) is 44.4 Å². The molecular weight excluding hydrogens is 314 g/mol. The molecule has 1 spiro atoms. The molecule has 1 aromatic carbocycles. The van der Waals surface area contributed by atoms with Crippen molar-refractivity contribution in [2.45, 2.75) is 12.8 Å². The first-order chi connectivity index (χ1) is 11.7. The molecule has 2 aliphatic rings. The minimum Gasteiger partial charge on any atom is -0.381 e.